The van der Waals surface area contributed by atoms with Gasteiger partial charge in [0.25, 0.3) is 0 Å². The summed E-state index contributed by atoms with van der Waals surface area (Å²) in [6.45, 7) is 7.03. The number of unbranched alkanes of at least 4 members (excludes halogenated alkanes) is 39. The Hall–Kier alpha value is -1.94. The van der Waals surface area contributed by atoms with E-state index in [-0.39, 0.29) is 25.7 Å². The largest absolute Gasteiger partial charge is 0.472 e. The number of rotatable bonds is 67. The van der Waals surface area contributed by atoms with E-state index in [9.17, 15) is 43.2 Å². The average molecular weight is 1270 g/mol. The minimum Gasteiger partial charge on any atom is -0.462 e. The third kappa shape index (κ3) is 60.9. The van der Waals surface area contributed by atoms with Gasteiger partial charge in [-0.25, -0.2) is 9.13 Å². The van der Waals surface area contributed by atoms with Gasteiger partial charge in [-0.3, -0.25) is 37.3 Å². The molecular weight excluding hydrogens is 1140 g/mol. The molecule has 17 nitrogen and oxygen atoms in total. The molecule has 0 heterocycles. The van der Waals surface area contributed by atoms with Crippen LogP contribution >= 0.6 is 15.6 Å². The molecule has 0 aliphatic heterocycles. The van der Waals surface area contributed by atoms with Crippen molar-refractivity contribution in [3.05, 3.63) is 0 Å². The number of carbonyl (C=O) groups excluding carboxylic acids is 4. The zero-order valence-electron chi connectivity index (χ0n) is 55.4. The second-order valence-corrected chi connectivity index (χ2v) is 27.6. The van der Waals surface area contributed by atoms with Crippen LogP contribution in [0.25, 0.3) is 0 Å². The lowest BCUT2D eigenvalue weighted by Crippen LogP contribution is -2.30. The first-order chi connectivity index (χ1) is 41.5. The molecule has 0 aliphatic rings. The Morgan fingerprint density at radius 3 is 0.791 bits per heavy atom. The van der Waals surface area contributed by atoms with Gasteiger partial charge in [0.2, 0.25) is 0 Å². The van der Waals surface area contributed by atoms with Crippen molar-refractivity contribution in [2.24, 2.45) is 5.92 Å². The minimum atomic E-state index is -4.95. The lowest BCUT2D eigenvalue weighted by molar-refractivity contribution is -0.161. The molecule has 0 saturated heterocycles. The molecule has 2 unspecified atom stereocenters. The molecule has 0 saturated carbocycles. The van der Waals surface area contributed by atoms with E-state index in [2.05, 4.69) is 34.6 Å². The zero-order valence-corrected chi connectivity index (χ0v) is 57.2. The number of esters is 4. The second kappa shape index (κ2) is 60.6. The molecular formula is C67H130O17P2. The molecule has 0 amide bonds. The van der Waals surface area contributed by atoms with Crippen molar-refractivity contribution in [3.63, 3.8) is 0 Å². The molecule has 0 fully saturated rings. The summed E-state index contributed by atoms with van der Waals surface area (Å²) in [4.78, 5) is 72.0. The van der Waals surface area contributed by atoms with Crippen molar-refractivity contribution in [2.75, 3.05) is 39.6 Å². The van der Waals surface area contributed by atoms with Gasteiger partial charge < -0.3 is 33.8 Å². The summed E-state index contributed by atoms with van der Waals surface area (Å²) in [7, 11) is -9.88. The molecule has 0 radical (unpaired) electrons. The first-order valence-corrected chi connectivity index (χ1v) is 38.1. The summed E-state index contributed by atoms with van der Waals surface area (Å²) < 4.78 is 67.9. The maximum Gasteiger partial charge on any atom is 0.472 e. The van der Waals surface area contributed by atoms with E-state index in [4.69, 9.17) is 37.0 Å². The van der Waals surface area contributed by atoms with Gasteiger partial charge >= 0.3 is 39.5 Å². The summed E-state index contributed by atoms with van der Waals surface area (Å²) in [5, 5.41) is 10.5. The number of phosphoric ester groups is 2. The zero-order chi connectivity index (χ0) is 63.5. The van der Waals surface area contributed by atoms with E-state index >= 15 is 0 Å². The highest BCUT2D eigenvalue weighted by Gasteiger charge is 2.30. The van der Waals surface area contributed by atoms with Crippen LogP contribution in [0.3, 0.4) is 0 Å². The predicted molar refractivity (Wildman–Crippen MR) is 345 cm³/mol. The Morgan fingerprint density at radius 2 is 0.535 bits per heavy atom. The van der Waals surface area contributed by atoms with Crippen LogP contribution in [-0.4, -0.2) is 96.7 Å². The van der Waals surface area contributed by atoms with Crippen molar-refractivity contribution in [2.45, 2.75) is 361 Å². The third-order valence-corrected chi connectivity index (χ3v) is 17.4. The van der Waals surface area contributed by atoms with Gasteiger partial charge in [0.05, 0.1) is 26.4 Å². The van der Waals surface area contributed by atoms with Crippen LogP contribution < -0.4 is 0 Å². The highest BCUT2D eigenvalue weighted by Crippen LogP contribution is 2.45. The maximum absolute atomic E-state index is 13.0. The Labute approximate surface area is 524 Å². The summed E-state index contributed by atoms with van der Waals surface area (Å²) in [5.41, 5.74) is 0. The molecule has 0 bridgehead atoms. The molecule has 0 aromatic heterocycles. The Kier molecular flexibility index (Phi) is 59.2. The summed E-state index contributed by atoms with van der Waals surface area (Å²) in [6.07, 6.45) is 46.5. The molecule has 0 aliphatic carbocycles. The molecule has 3 N–H and O–H groups in total. The smallest absolute Gasteiger partial charge is 0.462 e. The molecule has 0 aromatic rings. The number of carbonyl (C=O) groups is 4. The fourth-order valence-electron chi connectivity index (χ4n) is 10.1. The Balaban J connectivity index is 5.10. The molecule has 86 heavy (non-hydrogen) atoms. The number of aliphatic hydroxyl groups excluding tert-OH is 1. The van der Waals surface area contributed by atoms with E-state index in [0.29, 0.717) is 31.6 Å². The number of phosphoric acid groups is 2. The van der Waals surface area contributed by atoms with Gasteiger partial charge in [-0.15, -0.1) is 0 Å². The number of aliphatic hydroxyl groups is 1. The van der Waals surface area contributed by atoms with Gasteiger partial charge in [0, 0.05) is 25.7 Å². The van der Waals surface area contributed by atoms with E-state index in [1.807, 2.05) is 0 Å². The van der Waals surface area contributed by atoms with Crippen LogP contribution in [0.2, 0.25) is 0 Å². The van der Waals surface area contributed by atoms with Crippen molar-refractivity contribution in [1.29, 1.82) is 0 Å². The van der Waals surface area contributed by atoms with Crippen LogP contribution in [-0.2, 0) is 65.4 Å². The summed E-state index contributed by atoms with van der Waals surface area (Å²) >= 11 is 0. The lowest BCUT2D eigenvalue weighted by Gasteiger charge is -2.21. The van der Waals surface area contributed by atoms with Crippen molar-refractivity contribution >= 4 is 39.5 Å². The van der Waals surface area contributed by atoms with Gasteiger partial charge in [-0.05, 0) is 31.6 Å². The van der Waals surface area contributed by atoms with Crippen LogP contribution in [0, 0.1) is 5.92 Å². The van der Waals surface area contributed by atoms with Crippen molar-refractivity contribution < 1.29 is 80.2 Å². The standard InChI is InChI=1S/C67H130O17P2/c1-6-9-12-15-17-19-21-23-24-25-26-27-28-29-30-32-34-36-42-47-52-66(71)83-63(57-78-65(70)51-46-41-35-33-31-22-20-18-16-13-10-7-2)59-82-86(75,76)80-55-61(68)54-79-85(73,74)81-58-62(56-77-64(69)50-45-39-14-11-8-3)84-67(72)53-48-43-38-37-40-44-49-60(4)5/h60-63,68H,6-59H2,1-5H3,(H,73,74)(H,75,76)/t61-,62+,63+/m0/s1. The van der Waals surface area contributed by atoms with E-state index in [1.165, 1.54) is 161 Å². The summed E-state index contributed by atoms with van der Waals surface area (Å²) in [6, 6.07) is 0. The first-order valence-electron chi connectivity index (χ1n) is 35.1. The van der Waals surface area contributed by atoms with Crippen LogP contribution in [0.15, 0.2) is 0 Å². The number of hydrogen-bond donors (Lipinski definition) is 3. The summed E-state index contributed by atoms with van der Waals surface area (Å²) in [5.74, 6) is -1.47. The fourth-order valence-corrected chi connectivity index (χ4v) is 11.7. The normalized spacial score (nSPS) is 14.2. The highest BCUT2D eigenvalue weighted by molar-refractivity contribution is 7.47. The van der Waals surface area contributed by atoms with Crippen molar-refractivity contribution in [1.82, 2.24) is 0 Å². The lowest BCUT2D eigenvalue weighted by atomic mass is 10.0. The SMILES string of the molecule is CCCCCCCCCCCCCCCCCCCCCCC(=O)O[C@H](COC(=O)CCCCCCCCCCCCCC)COP(=O)(O)OC[C@@H](O)COP(=O)(O)OC[C@@H](COC(=O)CCCCCCC)OC(=O)CCCCCCCCC(C)C. The molecule has 510 valence electrons. The third-order valence-electron chi connectivity index (χ3n) is 15.5. The van der Waals surface area contributed by atoms with E-state index in [1.54, 1.807) is 0 Å². The molecule has 0 rings (SSSR count). The topological polar surface area (TPSA) is 237 Å². The number of ether oxygens (including phenoxy) is 4. The fraction of sp³-hybridized carbons (Fsp3) is 0.940. The maximum atomic E-state index is 13.0. The van der Waals surface area contributed by atoms with E-state index in [0.717, 1.165) is 96.3 Å². The van der Waals surface area contributed by atoms with Gasteiger partial charge in [-0.1, -0.05) is 291 Å². The molecule has 0 aromatic carbocycles. The highest BCUT2D eigenvalue weighted by atomic mass is 31.2. The first kappa shape index (κ1) is 84.1. The predicted octanol–water partition coefficient (Wildman–Crippen LogP) is 19.0. The van der Waals surface area contributed by atoms with Crippen LogP contribution in [0.5, 0.6) is 0 Å². The van der Waals surface area contributed by atoms with Gasteiger partial charge in [-0.2, -0.15) is 0 Å². The minimum absolute atomic E-state index is 0.101. The Bertz CT molecular complexity index is 1670. The Morgan fingerprint density at radius 1 is 0.314 bits per heavy atom. The van der Waals surface area contributed by atoms with Crippen molar-refractivity contribution in [3.8, 4) is 0 Å². The number of hydrogen-bond acceptors (Lipinski definition) is 15. The second-order valence-electron chi connectivity index (χ2n) is 24.7. The average Bonchev–Trinajstić information content (AvgIpc) is 3.50. The van der Waals surface area contributed by atoms with Gasteiger partial charge in [0.1, 0.15) is 19.3 Å². The van der Waals surface area contributed by atoms with Gasteiger partial charge in [0.15, 0.2) is 12.2 Å². The quantitative estimate of drug-likeness (QED) is 0.0222. The van der Waals surface area contributed by atoms with Crippen LogP contribution in [0.4, 0.5) is 0 Å². The molecule has 0 spiro atoms. The molecule has 5 atom stereocenters. The van der Waals surface area contributed by atoms with E-state index < -0.39 is 97.5 Å². The monoisotopic (exact) mass is 1270 g/mol. The van der Waals surface area contributed by atoms with Crippen LogP contribution in [0.1, 0.15) is 343 Å². The molecule has 19 heteroatoms.